The van der Waals surface area contributed by atoms with E-state index in [-0.39, 0.29) is 18.6 Å². The van der Waals surface area contributed by atoms with Crippen LogP contribution < -0.4 is 0 Å². The molecular weight excluding hydrogens is 238 g/mol. The van der Waals surface area contributed by atoms with Crippen LogP contribution in [0.5, 0.6) is 0 Å². The standard InChI is InChI=1S/C12H17NO5/c1-2-5-18-12(16)13-4-3-8(11(14)15)9-6-17-7-10(9)13/h2,8-10H,1,3-7H2,(H,14,15)/t8-,9+,10-/m1/s1. The van der Waals surface area contributed by atoms with Crippen molar-refractivity contribution < 1.29 is 24.2 Å². The molecule has 0 radical (unpaired) electrons. The van der Waals surface area contributed by atoms with Crippen molar-refractivity contribution in [2.24, 2.45) is 11.8 Å². The van der Waals surface area contributed by atoms with Crippen molar-refractivity contribution in [2.75, 3.05) is 26.4 Å². The average Bonchev–Trinajstić information content (AvgIpc) is 2.83. The second-order valence-corrected chi connectivity index (χ2v) is 4.56. The Balaban J connectivity index is 2.05. The monoisotopic (exact) mass is 255 g/mol. The minimum absolute atomic E-state index is 0.132. The van der Waals surface area contributed by atoms with Crippen LogP contribution in [0.3, 0.4) is 0 Å². The fourth-order valence-corrected chi connectivity index (χ4v) is 2.67. The van der Waals surface area contributed by atoms with E-state index < -0.39 is 18.0 Å². The van der Waals surface area contributed by atoms with Gasteiger partial charge in [0.05, 0.1) is 25.2 Å². The molecule has 2 aliphatic rings. The Morgan fingerprint density at radius 1 is 1.50 bits per heavy atom. The van der Waals surface area contributed by atoms with Gasteiger partial charge in [-0.05, 0) is 6.42 Å². The molecule has 0 bridgehead atoms. The Hall–Kier alpha value is -1.56. The molecule has 0 unspecified atom stereocenters. The van der Waals surface area contributed by atoms with Crippen molar-refractivity contribution in [2.45, 2.75) is 12.5 Å². The van der Waals surface area contributed by atoms with Crippen molar-refractivity contribution in [1.82, 2.24) is 4.90 Å². The van der Waals surface area contributed by atoms with Gasteiger partial charge in [0.25, 0.3) is 0 Å². The first-order valence-electron chi connectivity index (χ1n) is 6.00. The van der Waals surface area contributed by atoms with Gasteiger partial charge in [0.1, 0.15) is 6.61 Å². The van der Waals surface area contributed by atoms with Crippen LogP contribution in [0, 0.1) is 11.8 Å². The third kappa shape index (κ3) is 2.33. The van der Waals surface area contributed by atoms with Crippen LogP contribution in [0.2, 0.25) is 0 Å². The summed E-state index contributed by atoms with van der Waals surface area (Å²) in [6.45, 7) is 4.83. The highest BCUT2D eigenvalue weighted by molar-refractivity contribution is 5.73. The molecule has 2 aliphatic heterocycles. The first kappa shape index (κ1) is 12.9. The number of ether oxygens (including phenoxy) is 2. The van der Waals surface area contributed by atoms with E-state index in [1.54, 1.807) is 4.90 Å². The Morgan fingerprint density at radius 2 is 2.28 bits per heavy atom. The maximum atomic E-state index is 11.8. The predicted octanol–water partition coefficient (Wildman–Crippen LogP) is 0.731. The van der Waals surface area contributed by atoms with Gasteiger partial charge in [0.2, 0.25) is 0 Å². The smallest absolute Gasteiger partial charge is 0.410 e. The third-order valence-electron chi connectivity index (χ3n) is 3.57. The van der Waals surface area contributed by atoms with Gasteiger partial charge in [-0.15, -0.1) is 0 Å². The number of aliphatic carboxylic acids is 1. The SMILES string of the molecule is C=CCOC(=O)N1CC[C@@H](C(=O)O)[C@@H]2COC[C@H]21. The summed E-state index contributed by atoms with van der Waals surface area (Å²) in [5.41, 5.74) is 0. The number of nitrogens with zero attached hydrogens (tertiary/aromatic N) is 1. The lowest BCUT2D eigenvalue weighted by molar-refractivity contribution is -0.146. The lowest BCUT2D eigenvalue weighted by atomic mass is 9.82. The van der Waals surface area contributed by atoms with Crippen molar-refractivity contribution in [1.29, 1.82) is 0 Å². The third-order valence-corrected chi connectivity index (χ3v) is 3.57. The molecule has 2 saturated heterocycles. The molecule has 6 heteroatoms. The summed E-state index contributed by atoms with van der Waals surface area (Å²) >= 11 is 0. The van der Waals surface area contributed by atoms with Crippen molar-refractivity contribution in [3.8, 4) is 0 Å². The quantitative estimate of drug-likeness (QED) is 0.752. The number of amides is 1. The molecular formula is C12H17NO5. The van der Waals surface area contributed by atoms with E-state index in [0.29, 0.717) is 26.2 Å². The summed E-state index contributed by atoms with van der Waals surface area (Å²) in [5.74, 6) is -1.37. The van der Waals surface area contributed by atoms with Gasteiger partial charge < -0.3 is 19.5 Å². The number of fused-ring (bicyclic) bond motifs is 1. The van der Waals surface area contributed by atoms with Gasteiger partial charge in [-0.2, -0.15) is 0 Å². The fourth-order valence-electron chi connectivity index (χ4n) is 2.67. The molecule has 1 N–H and O–H groups in total. The molecule has 0 aromatic rings. The van der Waals surface area contributed by atoms with Crippen LogP contribution in [0.25, 0.3) is 0 Å². The van der Waals surface area contributed by atoms with Gasteiger partial charge in [-0.1, -0.05) is 12.7 Å². The topological polar surface area (TPSA) is 76.1 Å². The highest BCUT2D eigenvalue weighted by Crippen LogP contribution is 2.34. The van der Waals surface area contributed by atoms with E-state index in [1.807, 2.05) is 0 Å². The highest BCUT2D eigenvalue weighted by atomic mass is 16.6. The molecule has 6 nitrogen and oxygen atoms in total. The number of carbonyl (C=O) groups is 2. The Kier molecular flexibility index (Phi) is 3.86. The maximum Gasteiger partial charge on any atom is 0.410 e. The highest BCUT2D eigenvalue weighted by Gasteiger charge is 2.46. The molecule has 100 valence electrons. The fraction of sp³-hybridized carbons (Fsp3) is 0.667. The molecule has 1 amide bonds. The first-order chi connectivity index (χ1) is 8.65. The van der Waals surface area contributed by atoms with Crippen LogP contribution in [0.1, 0.15) is 6.42 Å². The molecule has 2 fully saturated rings. The summed E-state index contributed by atoms with van der Waals surface area (Å²) in [5, 5.41) is 9.15. The van der Waals surface area contributed by atoms with Gasteiger partial charge >= 0.3 is 12.1 Å². The molecule has 3 atom stereocenters. The van der Waals surface area contributed by atoms with E-state index in [1.165, 1.54) is 6.08 Å². The van der Waals surface area contributed by atoms with Crippen LogP contribution in [0.15, 0.2) is 12.7 Å². The van der Waals surface area contributed by atoms with E-state index in [2.05, 4.69) is 6.58 Å². The number of carbonyl (C=O) groups excluding carboxylic acids is 1. The largest absolute Gasteiger partial charge is 0.481 e. The van der Waals surface area contributed by atoms with Crippen LogP contribution in [0.4, 0.5) is 4.79 Å². The molecule has 0 aliphatic carbocycles. The number of carboxylic acids is 1. The Labute approximate surface area is 105 Å². The van der Waals surface area contributed by atoms with E-state index in [0.717, 1.165) is 0 Å². The minimum Gasteiger partial charge on any atom is -0.481 e. The molecule has 18 heavy (non-hydrogen) atoms. The number of rotatable bonds is 3. The molecule has 0 saturated carbocycles. The van der Waals surface area contributed by atoms with Gasteiger partial charge in [0.15, 0.2) is 0 Å². The maximum absolute atomic E-state index is 11.8. The second-order valence-electron chi connectivity index (χ2n) is 4.56. The summed E-state index contributed by atoms with van der Waals surface area (Å²) < 4.78 is 10.3. The van der Waals surface area contributed by atoms with Crippen molar-refractivity contribution in [3.05, 3.63) is 12.7 Å². The minimum atomic E-state index is -0.811. The van der Waals surface area contributed by atoms with Gasteiger partial charge in [-0.3, -0.25) is 4.79 Å². The van der Waals surface area contributed by atoms with E-state index in [4.69, 9.17) is 14.6 Å². The molecule has 2 heterocycles. The van der Waals surface area contributed by atoms with Crippen molar-refractivity contribution >= 4 is 12.1 Å². The first-order valence-corrected chi connectivity index (χ1v) is 6.00. The zero-order valence-corrected chi connectivity index (χ0v) is 10.1. The summed E-state index contributed by atoms with van der Waals surface area (Å²) in [6, 6.07) is -0.183. The Morgan fingerprint density at radius 3 is 2.94 bits per heavy atom. The molecule has 0 aromatic heterocycles. The van der Waals surface area contributed by atoms with Crippen LogP contribution >= 0.6 is 0 Å². The number of likely N-dealkylation sites (tertiary alicyclic amines) is 1. The van der Waals surface area contributed by atoms with Crippen LogP contribution in [-0.4, -0.2) is 54.5 Å². The average molecular weight is 255 g/mol. The van der Waals surface area contributed by atoms with Gasteiger partial charge in [-0.25, -0.2) is 4.79 Å². The zero-order chi connectivity index (χ0) is 13.1. The second kappa shape index (κ2) is 5.39. The van der Waals surface area contributed by atoms with E-state index >= 15 is 0 Å². The van der Waals surface area contributed by atoms with Crippen LogP contribution in [-0.2, 0) is 14.3 Å². The number of hydrogen-bond acceptors (Lipinski definition) is 4. The Bertz CT molecular complexity index is 356. The summed E-state index contributed by atoms with van der Waals surface area (Å²) in [6.07, 6.45) is 1.53. The lowest BCUT2D eigenvalue weighted by Gasteiger charge is -2.38. The van der Waals surface area contributed by atoms with E-state index in [9.17, 15) is 9.59 Å². The molecule has 0 aromatic carbocycles. The number of hydrogen-bond donors (Lipinski definition) is 1. The number of piperidine rings is 1. The molecule has 0 spiro atoms. The normalized spacial score (nSPS) is 30.7. The molecule has 2 rings (SSSR count). The zero-order valence-electron chi connectivity index (χ0n) is 10.1. The lowest BCUT2D eigenvalue weighted by Crippen LogP contribution is -2.53. The number of carboxylic acid groups (broad SMARTS) is 1. The van der Waals surface area contributed by atoms with Gasteiger partial charge in [0, 0.05) is 12.5 Å². The van der Waals surface area contributed by atoms with Crippen molar-refractivity contribution in [3.63, 3.8) is 0 Å². The predicted molar refractivity (Wildman–Crippen MR) is 62.1 cm³/mol. The summed E-state index contributed by atoms with van der Waals surface area (Å²) in [4.78, 5) is 24.6. The summed E-state index contributed by atoms with van der Waals surface area (Å²) in [7, 11) is 0.